The average Bonchev–Trinajstić information content (AvgIpc) is 3.18. The van der Waals surface area contributed by atoms with Crippen molar-refractivity contribution in [2.24, 2.45) is 0 Å². The van der Waals surface area contributed by atoms with Crippen LogP contribution in [0.4, 0.5) is 11.5 Å². The van der Waals surface area contributed by atoms with Crippen molar-refractivity contribution in [1.29, 1.82) is 0 Å². The van der Waals surface area contributed by atoms with Crippen molar-refractivity contribution in [2.75, 3.05) is 18.0 Å². The molecule has 8 nitrogen and oxygen atoms in total. The molecule has 0 amide bonds. The van der Waals surface area contributed by atoms with Gasteiger partial charge >= 0.3 is 5.82 Å². The summed E-state index contributed by atoms with van der Waals surface area (Å²) in [6.07, 6.45) is 5.95. The molecule has 1 fully saturated rings. The minimum absolute atomic E-state index is 0.113. The van der Waals surface area contributed by atoms with E-state index in [0.717, 1.165) is 62.7 Å². The number of anilines is 1. The fourth-order valence-corrected chi connectivity index (χ4v) is 3.57. The zero-order valence-electron chi connectivity index (χ0n) is 12.8. The van der Waals surface area contributed by atoms with E-state index in [2.05, 4.69) is 24.6 Å². The molecule has 0 saturated carbocycles. The van der Waals surface area contributed by atoms with Crippen LogP contribution in [-0.4, -0.2) is 37.8 Å². The number of rotatable bonds is 3. The topological polar surface area (TPSA) is 90.0 Å². The predicted molar refractivity (Wildman–Crippen MR) is 83.4 cm³/mol. The second-order valence-electron chi connectivity index (χ2n) is 6.15. The lowest BCUT2D eigenvalue weighted by Gasteiger charge is -2.33. The van der Waals surface area contributed by atoms with E-state index < -0.39 is 4.92 Å². The van der Waals surface area contributed by atoms with Gasteiger partial charge in [0.25, 0.3) is 0 Å². The molecule has 8 heteroatoms. The number of fused-ring (bicyclic) bond motifs is 1. The standard InChI is InChI=1S/C15H18N6O2/c22-21(23)13-6-5-12(9-16-13)19-7-1-3-11(10-19)15-18-17-14-4-2-8-20(14)15/h5-6,9,11H,1-4,7-8,10H2. The van der Waals surface area contributed by atoms with Crippen molar-refractivity contribution >= 4 is 11.5 Å². The summed E-state index contributed by atoms with van der Waals surface area (Å²) >= 11 is 0. The summed E-state index contributed by atoms with van der Waals surface area (Å²) in [6.45, 7) is 2.82. The van der Waals surface area contributed by atoms with Crippen molar-refractivity contribution in [3.8, 4) is 0 Å². The van der Waals surface area contributed by atoms with E-state index in [9.17, 15) is 10.1 Å². The third-order valence-electron chi connectivity index (χ3n) is 4.71. The molecule has 2 aliphatic heterocycles. The molecule has 1 unspecified atom stereocenters. The van der Waals surface area contributed by atoms with Crippen molar-refractivity contribution < 1.29 is 4.92 Å². The molecule has 120 valence electrons. The summed E-state index contributed by atoms with van der Waals surface area (Å²) < 4.78 is 2.27. The van der Waals surface area contributed by atoms with Gasteiger partial charge < -0.3 is 19.6 Å². The van der Waals surface area contributed by atoms with Crippen LogP contribution in [-0.2, 0) is 13.0 Å². The number of nitrogens with zero attached hydrogens (tertiary/aromatic N) is 6. The van der Waals surface area contributed by atoms with Crippen LogP contribution in [0.5, 0.6) is 0 Å². The van der Waals surface area contributed by atoms with Crippen LogP contribution in [0.25, 0.3) is 0 Å². The monoisotopic (exact) mass is 314 g/mol. The highest BCUT2D eigenvalue weighted by Crippen LogP contribution is 2.31. The summed E-state index contributed by atoms with van der Waals surface area (Å²) in [4.78, 5) is 16.4. The Bertz CT molecular complexity index is 726. The lowest BCUT2D eigenvalue weighted by Crippen LogP contribution is -2.35. The highest BCUT2D eigenvalue weighted by Gasteiger charge is 2.29. The van der Waals surface area contributed by atoms with Gasteiger partial charge in [0.2, 0.25) is 0 Å². The zero-order valence-corrected chi connectivity index (χ0v) is 12.8. The molecular weight excluding hydrogens is 296 g/mol. The van der Waals surface area contributed by atoms with Gasteiger partial charge in [0, 0.05) is 38.0 Å². The Morgan fingerprint density at radius 3 is 2.91 bits per heavy atom. The van der Waals surface area contributed by atoms with E-state index in [1.54, 1.807) is 12.3 Å². The minimum atomic E-state index is -0.470. The lowest BCUT2D eigenvalue weighted by atomic mass is 9.96. The minimum Gasteiger partial charge on any atom is -0.368 e. The number of aryl methyl sites for hydroxylation is 1. The summed E-state index contributed by atoms with van der Waals surface area (Å²) in [5.41, 5.74) is 0.932. The Labute approximate surface area is 133 Å². The summed E-state index contributed by atoms with van der Waals surface area (Å²) in [6, 6.07) is 3.25. The molecule has 0 bridgehead atoms. The molecule has 2 aliphatic rings. The van der Waals surface area contributed by atoms with Crippen molar-refractivity contribution in [3.05, 3.63) is 40.1 Å². The molecule has 0 radical (unpaired) electrons. The highest BCUT2D eigenvalue weighted by molar-refractivity contribution is 5.47. The molecule has 0 aromatic carbocycles. The summed E-state index contributed by atoms with van der Waals surface area (Å²) in [5, 5.41) is 19.4. The Kier molecular flexibility index (Phi) is 3.44. The first kappa shape index (κ1) is 14.1. The second-order valence-corrected chi connectivity index (χ2v) is 6.15. The first-order valence-electron chi connectivity index (χ1n) is 8.00. The number of aromatic nitrogens is 4. The molecule has 4 rings (SSSR count). The average molecular weight is 314 g/mol. The first-order valence-corrected chi connectivity index (χ1v) is 8.00. The normalized spacial score (nSPS) is 20.5. The largest absolute Gasteiger partial charge is 0.368 e. The van der Waals surface area contributed by atoms with E-state index in [-0.39, 0.29) is 5.82 Å². The fraction of sp³-hybridized carbons (Fsp3) is 0.533. The second kappa shape index (κ2) is 5.60. The number of hydrogen-bond acceptors (Lipinski definition) is 6. The lowest BCUT2D eigenvalue weighted by molar-refractivity contribution is -0.389. The molecular formula is C15H18N6O2. The van der Waals surface area contributed by atoms with Crippen LogP contribution in [0.3, 0.4) is 0 Å². The maximum atomic E-state index is 10.7. The van der Waals surface area contributed by atoms with Crippen molar-refractivity contribution in [2.45, 2.75) is 38.1 Å². The molecule has 0 aliphatic carbocycles. The highest BCUT2D eigenvalue weighted by atomic mass is 16.6. The maximum absolute atomic E-state index is 10.7. The van der Waals surface area contributed by atoms with Gasteiger partial charge in [0.05, 0.1) is 5.69 Å². The molecule has 1 atom stereocenters. The van der Waals surface area contributed by atoms with Crippen molar-refractivity contribution in [1.82, 2.24) is 19.7 Å². The van der Waals surface area contributed by atoms with E-state index in [0.29, 0.717) is 5.92 Å². The predicted octanol–water partition coefficient (Wildman–Crippen LogP) is 1.91. The van der Waals surface area contributed by atoms with Gasteiger partial charge in [-0.3, -0.25) is 0 Å². The quantitative estimate of drug-likeness (QED) is 0.635. The number of hydrogen-bond donors (Lipinski definition) is 0. The Balaban J connectivity index is 1.53. The van der Waals surface area contributed by atoms with E-state index >= 15 is 0 Å². The number of nitro groups is 1. The van der Waals surface area contributed by atoms with Gasteiger partial charge in [-0.1, -0.05) is 0 Å². The van der Waals surface area contributed by atoms with Gasteiger partial charge in [-0.25, -0.2) is 0 Å². The maximum Gasteiger partial charge on any atom is 0.363 e. The first-order chi connectivity index (χ1) is 11.2. The van der Waals surface area contributed by atoms with Crippen LogP contribution in [0, 0.1) is 10.1 Å². The SMILES string of the molecule is O=[N+]([O-])c1ccc(N2CCCC(c3nnc4n3CCC4)C2)cn1. The van der Waals surface area contributed by atoms with E-state index in [1.165, 1.54) is 6.07 Å². The molecule has 1 saturated heterocycles. The van der Waals surface area contributed by atoms with Gasteiger partial charge in [0.1, 0.15) is 11.6 Å². The van der Waals surface area contributed by atoms with Gasteiger partial charge in [-0.05, 0) is 35.2 Å². The Morgan fingerprint density at radius 2 is 2.13 bits per heavy atom. The smallest absolute Gasteiger partial charge is 0.363 e. The van der Waals surface area contributed by atoms with Gasteiger partial charge in [-0.2, -0.15) is 0 Å². The van der Waals surface area contributed by atoms with E-state index in [1.807, 2.05) is 0 Å². The number of pyridine rings is 1. The molecule has 0 N–H and O–H groups in total. The molecule has 0 spiro atoms. The van der Waals surface area contributed by atoms with Gasteiger partial charge in [0.15, 0.2) is 6.20 Å². The Morgan fingerprint density at radius 1 is 1.22 bits per heavy atom. The molecule has 23 heavy (non-hydrogen) atoms. The molecule has 2 aromatic heterocycles. The van der Waals surface area contributed by atoms with Crippen LogP contribution in [0.15, 0.2) is 18.3 Å². The van der Waals surface area contributed by atoms with E-state index in [4.69, 9.17) is 0 Å². The molecule has 4 heterocycles. The third kappa shape index (κ3) is 2.54. The molecule has 2 aromatic rings. The van der Waals surface area contributed by atoms with Crippen LogP contribution >= 0.6 is 0 Å². The van der Waals surface area contributed by atoms with Crippen molar-refractivity contribution in [3.63, 3.8) is 0 Å². The zero-order chi connectivity index (χ0) is 15.8. The number of piperidine rings is 1. The third-order valence-corrected chi connectivity index (χ3v) is 4.71. The summed E-state index contributed by atoms with van der Waals surface area (Å²) in [5.74, 6) is 2.45. The van der Waals surface area contributed by atoms with Crippen LogP contribution in [0.2, 0.25) is 0 Å². The van der Waals surface area contributed by atoms with Crippen LogP contribution in [0.1, 0.15) is 36.8 Å². The summed E-state index contributed by atoms with van der Waals surface area (Å²) in [7, 11) is 0. The Hall–Kier alpha value is -2.51. The fourth-order valence-electron chi connectivity index (χ4n) is 3.57. The van der Waals surface area contributed by atoms with Gasteiger partial charge in [-0.15, -0.1) is 10.2 Å². The van der Waals surface area contributed by atoms with Crippen LogP contribution < -0.4 is 4.90 Å².